The molecule has 9 atom stereocenters. The molecule has 0 aromatic heterocycles. The third-order valence-electron chi connectivity index (χ3n) is 10.6. The quantitative estimate of drug-likeness (QED) is 0.506. The lowest BCUT2D eigenvalue weighted by Gasteiger charge is -2.61. The van der Waals surface area contributed by atoms with Crippen molar-refractivity contribution in [3.05, 3.63) is 0 Å². The zero-order valence-electron chi connectivity index (χ0n) is 18.7. The Morgan fingerprint density at radius 2 is 1.67 bits per heavy atom. The minimum Gasteiger partial charge on any atom is -0.300 e. The third kappa shape index (κ3) is 3.24. The SMILES string of the molecule is CC(=O)CC[C@@H](C)[C@H]1CCC2C3CC[C@@H]4C[C@H](C)CC[C@]4(C)C3CC[C@@]21C. The van der Waals surface area contributed by atoms with Gasteiger partial charge in [0.05, 0.1) is 0 Å². The Labute approximate surface area is 168 Å². The Hall–Kier alpha value is -0.330. The van der Waals surface area contributed by atoms with Crippen LogP contribution in [0, 0.1) is 52.3 Å². The van der Waals surface area contributed by atoms with Gasteiger partial charge < -0.3 is 4.79 Å². The Morgan fingerprint density at radius 1 is 0.963 bits per heavy atom. The fraction of sp³-hybridized carbons (Fsp3) is 0.962. The van der Waals surface area contributed by atoms with Gasteiger partial charge in [-0.1, -0.05) is 34.1 Å². The van der Waals surface area contributed by atoms with E-state index in [1.165, 1.54) is 57.8 Å². The van der Waals surface area contributed by atoms with E-state index in [4.69, 9.17) is 0 Å². The summed E-state index contributed by atoms with van der Waals surface area (Å²) in [5.74, 6) is 6.92. The van der Waals surface area contributed by atoms with Crippen LogP contribution in [0.2, 0.25) is 0 Å². The van der Waals surface area contributed by atoms with Gasteiger partial charge in [-0.2, -0.15) is 0 Å². The first kappa shape index (κ1) is 20.0. The summed E-state index contributed by atoms with van der Waals surface area (Å²) in [4.78, 5) is 11.5. The molecule has 0 aliphatic heterocycles. The Balaban J connectivity index is 1.51. The molecule has 0 bridgehead atoms. The van der Waals surface area contributed by atoms with Crippen LogP contribution in [-0.4, -0.2) is 5.78 Å². The van der Waals surface area contributed by atoms with Gasteiger partial charge in [-0.05, 0) is 117 Å². The summed E-state index contributed by atoms with van der Waals surface area (Å²) in [5.41, 5.74) is 1.21. The number of rotatable bonds is 4. The average Bonchev–Trinajstić information content (AvgIpc) is 2.97. The van der Waals surface area contributed by atoms with Gasteiger partial charge in [-0.25, -0.2) is 0 Å². The van der Waals surface area contributed by atoms with Gasteiger partial charge in [0, 0.05) is 6.42 Å². The molecule has 154 valence electrons. The predicted molar refractivity (Wildman–Crippen MR) is 113 cm³/mol. The van der Waals surface area contributed by atoms with Crippen LogP contribution in [0.25, 0.3) is 0 Å². The number of ketones is 1. The Bertz CT molecular complexity index is 567. The molecule has 0 aromatic carbocycles. The summed E-state index contributed by atoms with van der Waals surface area (Å²) in [6, 6.07) is 0. The number of Topliss-reactive ketones (excluding diaryl/α,β-unsaturated/α-hetero) is 1. The summed E-state index contributed by atoms with van der Waals surface area (Å²) < 4.78 is 0. The Morgan fingerprint density at radius 3 is 2.41 bits per heavy atom. The smallest absolute Gasteiger partial charge is 0.129 e. The molecule has 0 spiro atoms. The maximum atomic E-state index is 11.5. The van der Waals surface area contributed by atoms with Gasteiger partial charge in [0.2, 0.25) is 0 Å². The molecule has 0 heterocycles. The fourth-order valence-corrected chi connectivity index (χ4v) is 9.08. The number of carbonyl (C=O) groups excluding carboxylic acids is 1. The van der Waals surface area contributed by atoms with Crippen LogP contribution < -0.4 is 0 Å². The third-order valence-corrected chi connectivity index (χ3v) is 10.6. The second kappa shape index (κ2) is 7.17. The van der Waals surface area contributed by atoms with Gasteiger partial charge in [-0.3, -0.25) is 0 Å². The van der Waals surface area contributed by atoms with Gasteiger partial charge >= 0.3 is 0 Å². The first-order valence-electron chi connectivity index (χ1n) is 12.2. The van der Waals surface area contributed by atoms with Gasteiger partial charge in [0.25, 0.3) is 0 Å². The van der Waals surface area contributed by atoms with Crippen molar-refractivity contribution in [1.82, 2.24) is 0 Å². The van der Waals surface area contributed by atoms with E-state index >= 15 is 0 Å². The highest BCUT2D eigenvalue weighted by atomic mass is 16.1. The minimum atomic E-state index is 0.378. The van der Waals surface area contributed by atoms with E-state index in [2.05, 4.69) is 27.7 Å². The van der Waals surface area contributed by atoms with Crippen molar-refractivity contribution in [2.75, 3.05) is 0 Å². The number of hydrogen-bond acceptors (Lipinski definition) is 1. The van der Waals surface area contributed by atoms with Crippen LogP contribution in [0.1, 0.15) is 105 Å². The topological polar surface area (TPSA) is 17.1 Å². The van der Waals surface area contributed by atoms with Crippen molar-refractivity contribution >= 4 is 5.78 Å². The molecular formula is C26H44O. The molecule has 4 saturated carbocycles. The standard InChI is InChI=1S/C26H44O/c1-17-12-14-25(4)20(16-17)8-9-21-23-11-10-22(18(2)6-7-19(3)27)26(23,5)15-13-24(21)25/h17-18,20-24H,6-16H2,1-5H3/t17-,18-,20-,21?,22-,23?,24?,25+,26-/m1/s1. The molecule has 3 unspecified atom stereocenters. The molecule has 27 heavy (non-hydrogen) atoms. The second-order valence-electron chi connectivity index (χ2n) is 12.0. The lowest BCUT2D eigenvalue weighted by molar-refractivity contribution is -0.121. The van der Waals surface area contributed by atoms with Crippen molar-refractivity contribution < 1.29 is 4.79 Å². The normalized spacial score (nSPS) is 50.4. The van der Waals surface area contributed by atoms with Gasteiger partial charge in [-0.15, -0.1) is 0 Å². The van der Waals surface area contributed by atoms with E-state index in [0.717, 1.165) is 54.3 Å². The van der Waals surface area contributed by atoms with Crippen molar-refractivity contribution in [2.45, 2.75) is 105 Å². The molecule has 1 nitrogen and oxygen atoms in total. The highest BCUT2D eigenvalue weighted by Crippen LogP contribution is 2.68. The molecular weight excluding hydrogens is 328 g/mol. The van der Waals surface area contributed by atoms with Gasteiger partial charge in [0.1, 0.15) is 5.78 Å². The molecule has 0 amide bonds. The van der Waals surface area contributed by atoms with Crippen LogP contribution in [0.5, 0.6) is 0 Å². The molecule has 4 fully saturated rings. The lowest BCUT2D eigenvalue weighted by Crippen LogP contribution is -2.53. The molecule has 0 aromatic rings. The molecule has 4 aliphatic carbocycles. The zero-order chi connectivity index (χ0) is 19.4. The van der Waals surface area contributed by atoms with E-state index in [0.29, 0.717) is 16.6 Å². The summed E-state index contributed by atoms with van der Waals surface area (Å²) >= 11 is 0. The maximum Gasteiger partial charge on any atom is 0.129 e. The van der Waals surface area contributed by atoms with Crippen LogP contribution >= 0.6 is 0 Å². The molecule has 0 N–H and O–H groups in total. The Kier molecular flexibility index (Phi) is 5.30. The summed E-state index contributed by atoms with van der Waals surface area (Å²) in [5, 5.41) is 0. The second-order valence-corrected chi connectivity index (χ2v) is 12.0. The van der Waals surface area contributed by atoms with E-state index in [9.17, 15) is 4.79 Å². The number of hydrogen-bond donors (Lipinski definition) is 0. The molecule has 0 radical (unpaired) electrons. The summed E-state index contributed by atoms with van der Waals surface area (Å²) in [6.07, 6.45) is 15.3. The average molecular weight is 373 g/mol. The van der Waals surface area contributed by atoms with E-state index in [1.807, 2.05) is 0 Å². The lowest BCUT2D eigenvalue weighted by atomic mass is 9.44. The highest BCUT2D eigenvalue weighted by molar-refractivity contribution is 5.75. The van der Waals surface area contributed by atoms with Crippen LogP contribution in [0.3, 0.4) is 0 Å². The van der Waals surface area contributed by atoms with Crippen molar-refractivity contribution in [1.29, 1.82) is 0 Å². The first-order valence-corrected chi connectivity index (χ1v) is 12.2. The van der Waals surface area contributed by atoms with E-state index in [1.54, 1.807) is 6.92 Å². The molecule has 0 saturated heterocycles. The van der Waals surface area contributed by atoms with Crippen LogP contribution in [-0.2, 0) is 4.79 Å². The van der Waals surface area contributed by atoms with Crippen molar-refractivity contribution in [2.24, 2.45) is 52.3 Å². The van der Waals surface area contributed by atoms with Crippen molar-refractivity contribution in [3.8, 4) is 0 Å². The molecule has 4 aliphatic rings. The number of fused-ring (bicyclic) bond motifs is 5. The van der Waals surface area contributed by atoms with Gasteiger partial charge in [0.15, 0.2) is 0 Å². The molecule has 4 rings (SSSR count). The highest BCUT2D eigenvalue weighted by Gasteiger charge is 2.60. The van der Waals surface area contributed by atoms with Crippen LogP contribution in [0.4, 0.5) is 0 Å². The van der Waals surface area contributed by atoms with Crippen LogP contribution in [0.15, 0.2) is 0 Å². The van der Waals surface area contributed by atoms with E-state index < -0.39 is 0 Å². The zero-order valence-corrected chi connectivity index (χ0v) is 18.7. The van der Waals surface area contributed by atoms with E-state index in [-0.39, 0.29) is 0 Å². The number of carbonyl (C=O) groups is 1. The molecule has 1 heteroatoms. The summed E-state index contributed by atoms with van der Waals surface area (Å²) in [6.45, 7) is 12.1. The monoisotopic (exact) mass is 372 g/mol. The largest absolute Gasteiger partial charge is 0.300 e. The minimum absolute atomic E-state index is 0.378. The maximum absolute atomic E-state index is 11.5. The van der Waals surface area contributed by atoms with Crippen molar-refractivity contribution in [3.63, 3.8) is 0 Å². The predicted octanol–water partition coefficient (Wildman–Crippen LogP) is 7.29. The summed E-state index contributed by atoms with van der Waals surface area (Å²) in [7, 11) is 0. The fourth-order valence-electron chi connectivity index (χ4n) is 9.08. The first-order chi connectivity index (χ1) is 12.8.